The van der Waals surface area contributed by atoms with E-state index in [2.05, 4.69) is 5.32 Å². The van der Waals surface area contributed by atoms with E-state index in [0.717, 1.165) is 12.2 Å². The molecule has 1 fully saturated rings. The van der Waals surface area contributed by atoms with Crippen LogP contribution in [0.2, 0.25) is 0 Å². The van der Waals surface area contributed by atoms with Crippen LogP contribution in [0.1, 0.15) is 32.1 Å². The predicted octanol–water partition coefficient (Wildman–Crippen LogP) is 3.52. The van der Waals surface area contributed by atoms with Gasteiger partial charge in [-0.3, -0.25) is 0 Å². The first kappa shape index (κ1) is 11.2. The molecule has 2 N–H and O–H groups in total. The molecule has 0 bridgehead atoms. The van der Waals surface area contributed by atoms with Gasteiger partial charge in [0.05, 0.1) is 0 Å². The molecule has 0 heterocycles. The summed E-state index contributed by atoms with van der Waals surface area (Å²) in [4.78, 5) is 0. The molecule has 0 atom stereocenters. The van der Waals surface area contributed by atoms with Gasteiger partial charge >= 0.3 is 0 Å². The fourth-order valence-electron chi connectivity index (χ4n) is 2.27. The van der Waals surface area contributed by atoms with Gasteiger partial charge in [0.2, 0.25) is 0 Å². The average Bonchev–Trinajstić information content (AvgIpc) is 2.32. The molecular weight excluding hydrogens is 205 g/mol. The summed E-state index contributed by atoms with van der Waals surface area (Å²) in [5.41, 5.74) is 0.751. The summed E-state index contributed by atoms with van der Waals surface area (Å²) in [6, 6.07) is 4.44. The molecule has 0 amide bonds. The van der Waals surface area contributed by atoms with Gasteiger partial charge in [0.15, 0.2) is 11.6 Å². The van der Waals surface area contributed by atoms with E-state index in [9.17, 15) is 4.39 Å². The Kier molecular flexibility index (Phi) is 3.65. The lowest BCUT2D eigenvalue weighted by atomic mass is 9.89. The van der Waals surface area contributed by atoms with Gasteiger partial charge in [-0.25, -0.2) is 4.39 Å². The van der Waals surface area contributed by atoms with E-state index >= 15 is 0 Å². The van der Waals surface area contributed by atoms with Crippen molar-refractivity contribution in [2.75, 3.05) is 11.9 Å². The number of halogens is 1. The summed E-state index contributed by atoms with van der Waals surface area (Å²) in [7, 11) is 0. The van der Waals surface area contributed by atoms with E-state index in [0.29, 0.717) is 5.92 Å². The molecule has 2 nitrogen and oxygen atoms in total. The Bertz CT molecular complexity index is 348. The summed E-state index contributed by atoms with van der Waals surface area (Å²) in [5.74, 6) is -0.137. The van der Waals surface area contributed by atoms with Gasteiger partial charge in [-0.2, -0.15) is 0 Å². The van der Waals surface area contributed by atoms with Crippen LogP contribution in [-0.2, 0) is 0 Å². The number of hydrogen-bond donors (Lipinski definition) is 2. The minimum absolute atomic E-state index is 0.289. The first-order valence-electron chi connectivity index (χ1n) is 5.98. The van der Waals surface area contributed by atoms with E-state index in [4.69, 9.17) is 5.11 Å². The normalized spacial score (nSPS) is 17.3. The molecule has 1 aromatic rings. The number of rotatable bonds is 3. The van der Waals surface area contributed by atoms with Crippen molar-refractivity contribution >= 4 is 5.69 Å². The van der Waals surface area contributed by atoms with Gasteiger partial charge in [-0.15, -0.1) is 0 Å². The molecule has 0 aromatic heterocycles. The second kappa shape index (κ2) is 5.19. The number of anilines is 1. The molecule has 88 valence electrons. The van der Waals surface area contributed by atoms with E-state index in [1.54, 1.807) is 6.07 Å². The quantitative estimate of drug-likeness (QED) is 0.768. The van der Waals surface area contributed by atoms with Crippen LogP contribution < -0.4 is 5.32 Å². The molecule has 1 aliphatic carbocycles. The van der Waals surface area contributed by atoms with Gasteiger partial charge in [0, 0.05) is 18.3 Å². The van der Waals surface area contributed by atoms with Crippen LogP contribution in [0.5, 0.6) is 5.75 Å². The summed E-state index contributed by atoms with van der Waals surface area (Å²) in [5, 5.41) is 12.3. The van der Waals surface area contributed by atoms with E-state index in [1.807, 2.05) is 0 Å². The summed E-state index contributed by atoms with van der Waals surface area (Å²) < 4.78 is 13.1. The number of benzene rings is 1. The minimum Gasteiger partial charge on any atom is -0.505 e. The molecule has 0 spiro atoms. The maximum absolute atomic E-state index is 13.1. The Morgan fingerprint density at radius 1 is 1.25 bits per heavy atom. The van der Waals surface area contributed by atoms with E-state index in [1.165, 1.54) is 44.2 Å². The van der Waals surface area contributed by atoms with Crippen molar-refractivity contribution in [3.05, 3.63) is 24.0 Å². The van der Waals surface area contributed by atoms with Crippen LogP contribution in [0.3, 0.4) is 0 Å². The van der Waals surface area contributed by atoms with Crippen LogP contribution >= 0.6 is 0 Å². The maximum atomic E-state index is 13.1. The zero-order chi connectivity index (χ0) is 11.4. The molecule has 3 heteroatoms. The third-order valence-corrected chi connectivity index (χ3v) is 3.27. The molecule has 0 radical (unpaired) electrons. The lowest BCUT2D eigenvalue weighted by Gasteiger charge is -2.22. The highest BCUT2D eigenvalue weighted by atomic mass is 19.1. The van der Waals surface area contributed by atoms with Gasteiger partial charge in [-0.1, -0.05) is 19.3 Å². The molecule has 16 heavy (non-hydrogen) atoms. The molecule has 0 unspecified atom stereocenters. The van der Waals surface area contributed by atoms with Crippen LogP contribution in [0.4, 0.5) is 10.1 Å². The Morgan fingerprint density at radius 2 is 2.00 bits per heavy atom. The zero-order valence-electron chi connectivity index (χ0n) is 9.38. The maximum Gasteiger partial charge on any atom is 0.166 e. The van der Waals surface area contributed by atoms with Crippen molar-refractivity contribution in [3.63, 3.8) is 0 Å². The van der Waals surface area contributed by atoms with Crippen LogP contribution in [0.15, 0.2) is 18.2 Å². The number of phenols is 1. The molecule has 1 saturated carbocycles. The SMILES string of the molecule is Oc1ccc(NCC2CCCCC2)cc1F. The topological polar surface area (TPSA) is 32.3 Å². The number of phenolic OH excluding ortho intramolecular Hbond substituents is 1. The first-order valence-corrected chi connectivity index (χ1v) is 5.98. The number of hydrogen-bond acceptors (Lipinski definition) is 2. The van der Waals surface area contributed by atoms with Gasteiger partial charge < -0.3 is 10.4 Å². The third kappa shape index (κ3) is 2.87. The van der Waals surface area contributed by atoms with Crippen molar-refractivity contribution < 1.29 is 9.50 Å². The van der Waals surface area contributed by atoms with Crippen molar-refractivity contribution in [1.82, 2.24) is 0 Å². The molecule has 0 saturated heterocycles. The Morgan fingerprint density at radius 3 is 2.69 bits per heavy atom. The van der Waals surface area contributed by atoms with Gasteiger partial charge in [-0.05, 0) is 30.9 Å². The predicted molar refractivity (Wildman–Crippen MR) is 63.1 cm³/mol. The van der Waals surface area contributed by atoms with Crippen molar-refractivity contribution in [2.45, 2.75) is 32.1 Å². The van der Waals surface area contributed by atoms with Gasteiger partial charge in [0.1, 0.15) is 0 Å². The molecule has 2 rings (SSSR count). The number of aromatic hydroxyl groups is 1. The summed E-state index contributed by atoms with van der Waals surface area (Å²) >= 11 is 0. The minimum atomic E-state index is -0.561. The Balaban J connectivity index is 1.86. The standard InChI is InChI=1S/C13H18FNO/c14-12-8-11(6-7-13(12)16)15-9-10-4-2-1-3-5-10/h6-8,10,15-16H,1-5,9H2. The van der Waals surface area contributed by atoms with Crippen molar-refractivity contribution in [2.24, 2.45) is 5.92 Å². The first-order chi connectivity index (χ1) is 7.75. The fourth-order valence-corrected chi connectivity index (χ4v) is 2.27. The zero-order valence-corrected chi connectivity index (χ0v) is 9.38. The molecule has 0 aliphatic heterocycles. The van der Waals surface area contributed by atoms with Crippen LogP contribution in [-0.4, -0.2) is 11.7 Å². The highest BCUT2D eigenvalue weighted by molar-refractivity contribution is 5.46. The smallest absolute Gasteiger partial charge is 0.166 e. The fraction of sp³-hybridized carbons (Fsp3) is 0.538. The Labute approximate surface area is 95.5 Å². The lowest BCUT2D eigenvalue weighted by molar-refractivity contribution is 0.373. The van der Waals surface area contributed by atoms with Crippen LogP contribution in [0, 0.1) is 11.7 Å². The second-order valence-corrected chi connectivity index (χ2v) is 4.55. The van der Waals surface area contributed by atoms with Crippen LogP contribution in [0.25, 0.3) is 0 Å². The Hall–Kier alpha value is -1.25. The third-order valence-electron chi connectivity index (χ3n) is 3.27. The van der Waals surface area contributed by atoms with Gasteiger partial charge in [0.25, 0.3) is 0 Å². The summed E-state index contributed by atoms with van der Waals surface area (Å²) in [6.07, 6.45) is 6.53. The van der Waals surface area contributed by atoms with Crippen molar-refractivity contribution in [3.8, 4) is 5.75 Å². The molecule has 1 aliphatic rings. The van der Waals surface area contributed by atoms with E-state index < -0.39 is 5.82 Å². The number of nitrogens with one attached hydrogen (secondary N) is 1. The largest absolute Gasteiger partial charge is 0.505 e. The average molecular weight is 223 g/mol. The second-order valence-electron chi connectivity index (χ2n) is 4.55. The highest BCUT2D eigenvalue weighted by Gasteiger charge is 2.13. The molecular formula is C13H18FNO. The monoisotopic (exact) mass is 223 g/mol. The lowest BCUT2D eigenvalue weighted by Crippen LogP contribution is -2.17. The van der Waals surface area contributed by atoms with E-state index in [-0.39, 0.29) is 5.75 Å². The molecule has 1 aromatic carbocycles. The van der Waals surface area contributed by atoms with Crippen molar-refractivity contribution in [1.29, 1.82) is 0 Å². The summed E-state index contributed by atoms with van der Waals surface area (Å²) in [6.45, 7) is 0.907. The highest BCUT2D eigenvalue weighted by Crippen LogP contribution is 2.25.